The molecule has 1 aliphatic heterocycles. The number of aromatic nitrogens is 4. The summed E-state index contributed by atoms with van der Waals surface area (Å²) >= 11 is 0. The van der Waals surface area contributed by atoms with Crippen LogP contribution in [0.15, 0.2) is 29.1 Å². The van der Waals surface area contributed by atoms with Crippen molar-refractivity contribution in [3.05, 3.63) is 34.7 Å². The Hall–Kier alpha value is -2.20. The van der Waals surface area contributed by atoms with Crippen molar-refractivity contribution < 1.29 is 8.42 Å². The Morgan fingerprint density at radius 1 is 1.17 bits per heavy atom. The SMILES string of the molecule is CC1CC(C)CN(S(=O)(=O)Nc2ccc(-n3nn[nH]c3=O)cc2)C1. The van der Waals surface area contributed by atoms with Gasteiger partial charge in [0.15, 0.2) is 0 Å². The Kier molecular flexibility index (Phi) is 4.41. The first-order valence-electron chi connectivity index (χ1n) is 7.74. The number of tetrazole rings is 1. The molecule has 1 fully saturated rings. The van der Waals surface area contributed by atoms with E-state index in [-0.39, 0.29) is 0 Å². The predicted octanol–water partition coefficient (Wildman–Crippen LogP) is 0.590. The van der Waals surface area contributed by atoms with Gasteiger partial charge in [0.2, 0.25) is 0 Å². The highest BCUT2D eigenvalue weighted by atomic mass is 32.2. The van der Waals surface area contributed by atoms with Crippen molar-refractivity contribution >= 4 is 15.9 Å². The van der Waals surface area contributed by atoms with Crippen LogP contribution in [0.2, 0.25) is 0 Å². The lowest BCUT2D eigenvalue weighted by Gasteiger charge is -2.34. The maximum atomic E-state index is 12.5. The molecular formula is C14H20N6O3S. The highest BCUT2D eigenvalue weighted by Gasteiger charge is 2.30. The maximum absolute atomic E-state index is 12.5. The monoisotopic (exact) mass is 352 g/mol. The lowest BCUT2D eigenvalue weighted by molar-refractivity contribution is 0.223. The van der Waals surface area contributed by atoms with Crippen LogP contribution < -0.4 is 10.4 Å². The van der Waals surface area contributed by atoms with Gasteiger partial charge in [-0.3, -0.25) is 4.72 Å². The van der Waals surface area contributed by atoms with E-state index in [2.05, 4.69) is 34.1 Å². The van der Waals surface area contributed by atoms with Gasteiger partial charge in [-0.05, 0) is 52.9 Å². The van der Waals surface area contributed by atoms with E-state index in [9.17, 15) is 13.2 Å². The van der Waals surface area contributed by atoms with E-state index in [0.29, 0.717) is 36.3 Å². The maximum Gasteiger partial charge on any atom is 0.365 e. The van der Waals surface area contributed by atoms with Crippen LogP contribution in [-0.2, 0) is 10.2 Å². The van der Waals surface area contributed by atoms with Crippen molar-refractivity contribution in [3.63, 3.8) is 0 Å². The number of hydrogen-bond donors (Lipinski definition) is 2. The fraction of sp³-hybridized carbons (Fsp3) is 0.500. The number of nitrogens with one attached hydrogen (secondary N) is 2. The summed E-state index contributed by atoms with van der Waals surface area (Å²) in [5.41, 5.74) is 0.470. The average molecular weight is 352 g/mol. The van der Waals surface area contributed by atoms with Crippen LogP contribution in [0.1, 0.15) is 20.3 Å². The zero-order valence-electron chi connectivity index (χ0n) is 13.5. The van der Waals surface area contributed by atoms with Crippen LogP contribution in [0.25, 0.3) is 5.69 Å². The molecule has 1 aromatic heterocycles. The van der Waals surface area contributed by atoms with Crippen molar-refractivity contribution in [1.29, 1.82) is 0 Å². The fourth-order valence-corrected chi connectivity index (χ4v) is 4.52. The topological polar surface area (TPSA) is 113 Å². The van der Waals surface area contributed by atoms with Gasteiger partial charge in [0.05, 0.1) is 5.69 Å². The van der Waals surface area contributed by atoms with Crippen LogP contribution in [0.5, 0.6) is 0 Å². The summed E-state index contributed by atoms with van der Waals surface area (Å²) in [5, 5.41) is 9.24. The zero-order valence-corrected chi connectivity index (χ0v) is 14.3. The van der Waals surface area contributed by atoms with Gasteiger partial charge in [0, 0.05) is 18.8 Å². The number of piperidine rings is 1. The molecule has 1 saturated heterocycles. The van der Waals surface area contributed by atoms with Gasteiger partial charge in [-0.25, -0.2) is 9.89 Å². The van der Waals surface area contributed by atoms with Gasteiger partial charge in [-0.1, -0.05) is 13.8 Å². The van der Waals surface area contributed by atoms with Gasteiger partial charge < -0.3 is 0 Å². The second kappa shape index (κ2) is 6.36. The molecular weight excluding hydrogens is 332 g/mol. The molecule has 2 heterocycles. The number of aromatic amines is 1. The quantitative estimate of drug-likeness (QED) is 0.836. The molecule has 0 aliphatic carbocycles. The highest BCUT2D eigenvalue weighted by molar-refractivity contribution is 7.90. The van der Waals surface area contributed by atoms with Crippen molar-refractivity contribution in [2.75, 3.05) is 17.8 Å². The molecule has 0 radical (unpaired) electrons. The molecule has 1 aromatic carbocycles. The molecule has 0 amide bonds. The molecule has 0 spiro atoms. The second-order valence-electron chi connectivity index (χ2n) is 6.34. The number of anilines is 1. The van der Waals surface area contributed by atoms with E-state index in [1.54, 1.807) is 24.3 Å². The van der Waals surface area contributed by atoms with Gasteiger partial charge in [0.1, 0.15) is 0 Å². The normalized spacial score (nSPS) is 22.4. The summed E-state index contributed by atoms with van der Waals surface area (Å²) in [5.74, 6) is 0.679. The standard InChI is InChI=1S/C14H20N6O3S/c1-10-7-11(2)9-19(8-10)24(22,23)16-12-3-5-13(6-4-12)20-14(21)15-17-18-20/h3-6,10-11,16H,7-9H2,1-2H3,(H,15,18,21). The van der Waals surface area contributed by atoms with Crippen LogP contribution in [0.4, 0.5) is 5.69 Å². The molecule has 2 unspecified atom stereocenters. The lowest BCUT2D eigenvalue weighted by atomic mass is 9.94. The van der Waals surface area contributed by atoms with E-state index < -0.39 is 15.9 Å². The summed E-state index contributed by atoms with van der Waals surface area (Å²) in [6.45, 7) is 5.16. The summed E-state index contributed by atoms with van der Waals surface area (Å²) in [4.78, 5) is 11.5. The van der Waals surface area contributed by atoms with Gasteiger partial charge in [-0.2, -0.15) is 17.4 Å². The minimum atomic E-state index is -3.60. The minimum absolute atomic E-state index is 0.340. The molecule has 0 bridgehead atoms. The minimum Gasteiger partial charge on any atom is -0.271 e. The van der Waals surface area contributed by atoms with Crippen LogP contribution in [-0.4, -0.2) is 46.0 Å². The Bertz CT molecular complexity index is 847. The van der Waals surface area contributed by atoms with Gasteiger partial charge >= 0.3 is 15.9 Å². The van der Waals surface area contributed by atoms with Crippen LogP contribution >= 0.6 is 0 Å². The summed E-state index contributed by atoms with van der Waals surface area (Å²) in [7, 11) is -3.60. The molecule has 1 aliphatic rings. The number of H-pyrrole nitrogens is 1. The number of hydrogen-bond acceptors (Lipinski definition) is 5. The number of nitrogens with zero attached hydrogens (tertiary/aromatic N) is 4. The first-order valence-corrected chi connectivity index (χ1v) is 9.18. The molecule has 130 valence electrons. The predicted molar refractivity (Wildman–Crippen MR) is 89.0 cm³/mol. The third kappa shape index (κ3) is 3.49. The summed E-state index contributed by atoms with van der Waals surface area (Å²) in [6, 6.07) is 6.38. The average Bonchev–Trinajstić information content (AvgIpc) is 2.93. The molecule has 2 atom stereocenters. The second-order valence-corrected chi connectivity index (χ2v) is 8.01. The third-order valence-corrected chi connectivity index (χ3v) is 5.48. The zero-order chi connectivity index (χ0) is 17.3. The molecule has 2 N–H and O–H groups in total. The van der Waals surface area contributed by atoms with Crippen molar-refractivity contribution in [2.45, 2.75) is 20.3 Å². The number of benzene rings is 1. The molecule has 0 saturated carbocycles. The van der Waals surface area contributed by atoms with Crippen molar-refractivity contribution in [2.24, 2.45) is 11.8 Å². The summed E-state index contributed by atoms with van der Waals surface area (Å²) in [6.07, 6.45) is 1.03. The van der Waals surface area contributed by atoms with E-state index in [0.717, 1.165) is 11.1 Å². The van der Waals surface area contributed by atoms with E-state index >= 15 is 0 Å². The van der Waals surface area contributed by atoms with Crippen LogP contribution in [0.3, 0.4) is 0 Å². The number of rotatable bonds is 4. The van der Waals surface area contributed by atoms with Crippen LogP contribution in [0, 0.1) is 11.8 Å². The van der Waals surface area contributed by atoms with Gasteiger partial charge in [-0.15, -0.1) is 0 Å². The van der Waals surface area contributed by atoms with Crippen molar-refractivity contribution in [3.8, 4) is 5.69 Å². The lowest BCUT2D eigenvalue weighted by Crippen LogP contribution is -2.45. The largest absolute Gasteiger partial charge is 0.365 e. The summed E-state index contributed by atoms with van der Waals surface area (Å²) < 4.78 is 30.3. The van der Waals surface area contributed by atoms with E-state index in [1.165, 1.54) is 4.31 Å². The Morgan fingerprint density at radius 3 is 2.33 bits per heavy atom. The Morgan fingerprint density at radius 2 is 1.79 bits per heavy atom. The smallest absolute Gasteiger partial charge is 0.271 e. The highest BCUT2D eigenvalue weighted by Crippen LogP contribution is 2.24. The van der Waals surface area contributed by atoms with E-state index in [4.69, 9.17) is 0 Å². The first kappa shape index (κ1) is 16.7. The van der Waals surface area contributed by atoms with E-state index in [1.807, 2.05) is 0 Å². The molecule has 24 heavy (non-hydrogen) atoms. The molecule has 3 rings (SSSR count). The third-order valence-electron chi connectivity index (χ3n) is 4.01. The molecule has 2 aromatic rings. The first-order chi connectivity index (χ1) is 11.3. The van der Waals surface area contributed by atoms with Gasteiger partial charge in [0.25, 0.3) is 0 Å². The Balaban J connectivity index is 1.76. The van der Waals surface area contributed by atoms with Crippen molar-refractivity contribution in [1.82, 2.24) is 24.5 Å². The Labute approximate surface area is 139 Å². The molecule has 10 heteroatoms. The fourth-order valence-electron chi connectivity index (χ4n) is 3.05. The molecule has 9 nitrogen and oxygen atoms in total.